The van der Waals surface area contributed by atoms with Crippen LogP contribution in [0.25, 0.3) is 0 Å². The zero-order valence-corrected chi connectivity index (χ0v) is 12.2. The van der Waals surface area contributed by atoms with Gasteiger partial charge in [0.1, 0.15) is 4.21 Å². The van der Waals surface area contributed by atoms with Crippen LogP contribution in [0.5, 0.6) is 0 Å². The number of aryl methyl sites for hydroxylation is 1. The molecule has 1 aliphatic rings. The highest BCUT2D eigenvalue weighted by Gasteiger charge is 2.32. The van der Waals surface area contributed by atoms with Gasteiger partial charge in [0.25, 0.3) is 10.0 Å². The van der Waals surface area contributed by atoms with Crippen LogP contribution in [0.4, 0.5) is 0 Å². The highest BCUT2D eigenvalue weighted by Crippen LogP contribution is 2.29. The SMILES string of the molecule is Cc1cc(S(=O)(=O)N2CCOCC2C)sc1CN. The molecular formula is C11H18N2O3S2. The summed E-state index contributed by atoms with van der Waals surface area (Å²) >= 11 is 1.27. The fraction of sp³-hybridized carbons (Fsp3) is 0.636. The van der Waals surface area contributed by atoms with E-state index in [2.05, 4.69) is 0 Å². The normalized spacial score (nSPS) is 22.3. The van der Waals surface area contributed by atoms with Crippen molar-refractivity contribution in [1.29, 1.82) is 0 Å². The molecule has 0 aliphatic carbocycles. The number of hydrogen-bond donors (Lipinski definition) is 1. The third-order valence-corrected chi connectivity index (χ3v) is 6.78. The molecule has 0 bridgehead atoms. The molecule has 1 aromatic heterocycles. The summed E-state index contributed by atoms with van der Waals surface area (Å²) in [5.41, 5.74) is 6.54. The Morgan fingerprint density at radius 2 is 2.33 bits per heavy atom. The molecule has 1 unspecified atom stereocenters. The van der Waals surface area contributed by atoms with Gasteiger partial charge in [-0.3, -0.25) is 0 Å². The lowest BCUT2D eigenvalue weighted by Crippen LogP contribution is -2.46. The average Bonchev–Trinajstić information content (AvgIpc) is 2.71. The lowest BCUT2D eigenvalue weighted by molar-refractivity contribution is 0.0393. The minimum Gasteiger partial charge on any atom is -0.378 e. The minimum absolute atomic E-state index is 0.118. The first-order chi connectivity index (χ1) is 8.46. The van der Waals surface area contributed by atoms with Crippen LogP contribution in [0, 0.1) is 6.92 Å². The van der Waals surface area contributed by atoms with E-state index in [0.717, 1.165) is 10.4 Å². The van der Waals surface area contributed by atoms with Crippen molar-refractivity contribution in [2.24, 2.45) is 5.73 Å². The minimum atomic E-state index is -3.41. The Labute approximate surface area is 112 Å². The van der Waals surface area contributed by atoms with Gasteiger partial charge in [-0.15, -0.1) is 11.3 Å². The van der Waals surface area contributed by atoms with Crippen LogP contribution in [0.2, 0.25) is 0 Å². The van der Waals surface area contributed by atoms with Crippen LogP contribution in [-0.2, 0) is 21.3 Å². The van der Waals surface area contributed by atoms with Gasteiger partial charge in [-0.25, -0.2) is 8.42 Å². The first-order valence-corrected chi connectivity index (χ1v) is 8.11. The van der Waals surface area contributed by atoms with Crippen LogP contribution < -0.4 is 5.73 Å². The van der Waals surface area contributed by atoms with Gasteiger partial charge in [0.2, 0.25) is 0 Å². The van der Waals surface area contributed by atoms with E-state index in [9.17, 15) is 8.42 Å². The van der Waals surface area contributed by atoms with Crippen LogP contribution in [0.1, 0.15) is 17.4 Å². The molecule has 2 N–H and O–H groups in total. The van der Waals surface area contributed by atoms with Crippen molar-refractivity contribution >= 4 is 21.4 Å². The van der Waals surface area contributed by atoms with E-state index in [1.165, 1.54) is 15.6 Å². The lowest BCUT2D eigenvalue weighted by Gasteiger charge is -2.31. The first-order valence-electron chi connectivity index (χ1n) is 5.85. The summed E-state index contributed by atoms with van der Waals surface area (Å²) in [7, 11) is -3.41. The van der Waals surface area contributed by atoms with Gasteiger partial charge in [-0.2, -0.15) is 4.31 Å². The van der Waals surface area contributed by atoms with Crippen LogP contribution in [-0.4, -0.2) is 38.5 Å². The second-order valence-electron chi connectivity index (χ2n) is 4.42. The third kappa shape index (κ3) is 2.46. The summed E-state index contributed by atoms with van der Waals surface area (Å²) in [6, 6.07) is 1.59. The molecule has 5 nitrogen and oxygen atoms in total. The zero-order valence-electron chi connectivity index (χ0n) is 10.5. The molecule has 1 aliphatic heterocycles. The van der Waals surface area contributed by atoms with E-state index in [1.54, 1.807) is 6.07 Å². The van der Waals surface area contributed by atoms with Crippen molar-refractivity contribution in [2.75, 3.05) is 19.8 Å². The standard InChI is InChI=1S/C11H18N2O3S2/c1-8-5-11(17-10(8)6-12)18(14,15)13-3-4-16-7-9(13)2/h5,9H,3-4,6-7,12H2,1-2H3. The highest BCUT2D eigenvalue weighted by molar-refractivity contribution is 7.91. The Kier molecular flexibility index (Phi) is 4.08. The number of nitrogens with two attached hydrogens (primary N) is 1. The number of ether oxygens (including phenoxy) is 1. The van der Waals surface area contributed by atoms with Crippen molar-refractivity contribution in [2.45, 2.75) is 30.6 Å². The van der Waals surface area contributed by atoms with Gasteiger partial charge in [-0.1, -0.05) is 0 Å². The smallest absolute Gasteiger partial charge is 0.252 e. The zero-order chi connectivity index (χ0) is 13.3. The Hall–Kier alpha value is -0.470. The maximum atomic E-state index is 12.5. The van der Waals surface area contributed by atoms with Crippen molar-refractivity contribution in [3.05, 3.63) is 16.5 Å². The summed E-state index contributed by atoms with van der Waals surface area (Å²) in [5, 5.41) is 0. The Bertz CT molecular complexity index is 524. The number of sulfonamides is 1. The predicted molar refractivity (Wildman–Crippen MR) is 71.1 cm³/mol. The number of morpholine rings is 1. The van der Waals surface area contributed by atoms with Gasteiger partial charge < -0.3 is 10.5 Å². The first kappa shape index (κ1) is 14.0. The molecular weight excluding hydrogens is 272 g/mol. The van der Waals surface area contributed by atoms with Crippen LogP contribution in [0.15, 0.2) is 10.3 Å². The fourth-order valence-corrected chi connectivity index (χ4v) is 5.20. The third-order valence-electron chi connectivity index (χ3n) is 3.05. The van der Waals surface area contributed by atoms with Crippen molar-refractivity contribution in [3.63, 3.8) is 0 Å². The monoisotopic (exact) mass is 290 g/mol. The molecule has 1 saturated heterocycles. The fourth-order valence-electron chi connectivity index (χ4n) is 2.00. The van der Waals surface area contributed by atoms with Crippen molar-refractivity contribution in [3.8, 4) is 0 Å². The number of nitrogens with zero attached hydrogens (tertiary/aromatic N) is 1. The van der Waals surface area contributed by atoms with E-state index in [4.69, 9.17) is 10.5 Å². The van der Waals surface area contributed by atoms with E-state index < -0.39 is 10.0 Å². The maximum Gasteiger partial charge on any atom is 0.252 e. The molecule has 0 radical (unpaired) electrons. The summed E-state index contributed by atoms with van der Waals surface area (Å²) in [4.78, 5) is 0.925. The van der Waals surface area contributed by atoms with Gasteiger partial charge in [0.05, 0.1) is 13.2 Å². The van der Waals surface area contributed by atoms with Crippen molar-refractivity contribution in [1.82, 2.24) is 4.31 Å². The second-order valence-corrected chi connectivity index (χ2v) is 7.67. The summed E-state index contributed by atoms with van der Waals surface area (Å²) in [5.74, 6) is 0. The van der Waals surface area contributed by atoms with Gasteiger partial charge in [0.15, 0.2) is 0 Å². The quantitative estimate of drug-likeness (QED) is 0.898. The summed E-state index contributed by atoms with van der Waals surface area (Å²) in [6.07, 6.45) is 0. The summed E-state index contributed by atoms with van der Waals surface area (Å²) in [6.45, 7) is 5.45. The second kappa shape index (κ2) is 5.26. The molecule has 102 valence electrons. The van der Waals surface area contributed by atoms with Gasteiger partial charge in [0, 0.05) is 24.0 Å². The van der Waals surface area contributed by atoms with E-state index in [0.29, 0.717) is 30.5 Å². The molecule has 1 aromatic rings. The number of thiophene rings is 1. The van der Waals surface area contributed by atoms with Crippen LogP contribution in [0.3, 0.4) is 0 Å². The summed E-state index contributed by atoms with van der Waals surface area (Å²) < 4.78 is 32.2. The number of hydrogen-bond acceptors (Lipinski definition) is 5. The van der Waals surface area contributed by atoms with E-state index in [1.807, 2.05) is 13.8 Å². The Morgan fingerprint density at radius 3 is 2.89 bits per heavy atom. The van der Waals surface area contributed by atoms with Crippen LogP contribution >= 0.6 is 11.3 Å². The van der Waals surface area contributed by atoms with Gasteiger partial charge >= 0.3 is 0 Å². The van der Waals surface area contributed by atoms with Crippen molar-refractivity contribution < 1.29 is 13.2 Å². The average molecular weight is 290 g/mol. The predicted octanol–water partition coefficient (Wildman–Crippen LogP) is 0.925. The maximum absolute atomic E-state index is 12.5. The Balaban J connectivity index is 2.34. The molecule has 7 heteroatoms. The largest absolute Gasteiger partial charge is 0.378 e. The molecule has 2 heterocycles. The van der Waals surface area contributed by atoms with Gasteiger partial charge in [-0.05, 0) is 25.5 Å². The molecule has 0 amide bonds. The molecule has 0 saturated carbocycles. The molecule has 0 spiro atoms. The lowest BCUT2D eigenvalue weighted by atomic mass is 10.3. The highest BCUT2D eigenvalue weighted by atomic mass is 32.2. The topological polar surface area (TPSA) is 72.6 Å². The van der Waals surface area contributed by atoms with E-state index >= 15 is 0 Å². The Morgan fingerprint density at radius 1 is 1.61 bits per heavy atom. The molecule has 0 aromatic carbocycles. The molecule has 1 fully saturated rings. The molecule has 2 rings (SSSR count). The number of rotatable bonds is 3. The molecule has 1 atom stereocenters. The molecule has 18 heavy (non-hydrogen) atoms. The van der Waals surface area contributed by atoms with E-state index in [-0.39, 0.29) is 6.04 Å².